The summed E-state index contributed by atoms with van der Waals surface area (Å²) in [7, 11) is 0. The molecule has 19 heavy (non-hydrogen) atoms. The van der Waals surface area contributed by atoms with Crippen molar-refractivity contribution in [3.05, 3.63) is 58.4 Å². The van der Waals surface area contributed by atoms with Gasteiger partial charge in [0.05, 0.1) is 5.02 Å². The molecule has 2 rings (SSSR count). The Morgan fingerprint density at radius 1 is 1.05 bits per heavy atom. The van der Waals surface area contributed by atoms with E-state index in [4.69, 9.17) is 16.3 Å². The Bertz CT molecular complexity index is 621. The summed E-state index contributed by atoms with van der Waals surface area (Å²) in [4.78, 5) is 10.4. The second kappa shape index (κ2) is 5.32. The van der Waals surface area contributed by atoms with Crippen molar-refractivity contribution in [2.75, 3.05) is 0 Å². The molecule has 6 heteroatoms. The molecule has 0 bridgehead atoms. The second-order valence-corrected chi connectivity index (χ2v) is 4.02. The van der Waals surface area contributed by atoms with Gasteiger partial charge in [0.2, 0.25) is 0 Å². The van der Waals surface area contributed by atoms with Crippen LogP contribution in [-0.2, 0) is 0 Å². The van der Waals surface area contributed by atoms with Crippen molar-refractivity contribution in [1.29, 1.82) is 0 Å². The van der Waals surface area contributed by atoms with Gasteiger partial charge in [-0.2, -0.15) is 0 Å². The van der Waals surface area contributed by atoms with E-state index in [-0.39, 0.29) is 16.3 Å². The van der Waals surface area contributed by atoms with Gasteiger partial charge >= 0.3 is 0 Å². The van der Waals surface area contributed by atoms with E-state index in [0.29, 0.717) is 6.29 Å². The minimum Gasteiger partial charge on any atom is -0.450 e. The van der Waals surface area contributed by atoms with Crippen LogP contribution in [0, 0.1) is 17.5 Å². The highest BCUT2D eigenvalue weighted by atomic mass is 35.5. The Morgan fingerprint density at radius 3 is 2.21 bits per heavy atom. The van der Waals surface area contributed by atoms with Gasteiger partial charge in [-0.15, -0.1) is 0 Å². The van der Waals surface area contributed by atoms with E-state index in [1.54, 1.807) is 0 Å². The lowest BCUT2D eigenvalue weighted by molar-refractivity contribution is 0.112. The average Bonchev–Trinajstić information content (AvgIpc) is 2.35. The van der Waals surface area contributed by atoms with E-state index in [1.165, 1.54) is 0 Å². The van der Waals surface area contributed by atoms with Gasteiger partial charge in [-0.05, 0) is 30.3 Å². The van der Waals surface area contributed by atoms with E-state index < -0.39 is 23.2 Å². The highest BCUT2D eigenvalue weighted by Crippen LogP contribution is 2.33. The van der Waals surface area contributed by atoms with E-state index in [0.717, 1.165) is 30.3 Å². The lowest BCUT2D eigenvalue weighted by Crippen LogP contribution is -1.96. The summed E-state index contributed by atoms with van der Waals surface area (Å²) in [6.07, 6.45) is 0.306. The number of carbonyl (C=O) groups is 1. The van der Waals surface area contributed by atoms with Crippen LogP contribution < -0.4 is 4.74 Å². The first-order chi connectivity index (χ1) is 9.01. The Kier molecular flexibility index (Phi) is 3.76. The topological polar surface area (TPSA) is 26.3 Å². The summed E-state index contributed by atoms with van der Waals surface area (Å²) in [5, 5.41) is -0.127. The van der Waals surface area contributed by atoms with Crippen LogP contribution in [-0.4, -0.2) is 6.29 Å². The van der Waals surface area contributed by atoms with Crippen molar-refractivity contribution >= 4 is 17.9 Å². The average molecular weight is 287 g/mol. The van der Waals surface area contributed by atoms with Crippen LogP contribution in [0.2, 0.25) is 5.02 Å². The summed E-state index contributed by atoms with van der Waals surface area (Å²) >= 11 is 5.68. The van der Waals surface area contributed by atoms with Crippen molar-refractivity contribution in [3.8, 4) is 11.5 Å². The molecule has 0 atom stereocenters. The number of aldehydes is 1. The molecule has 0 amide bonds. The second-order valence-electron chi connectivity index (χ2n) is 3.61. The van der Waals surface area contributed by atoms with Gasteiger partial charge in [0.15, 0.2) is 17.4 Å². The fourth-order valence-corrected chi connectivity index (χ4v) is 1.62. The summed E-state index contributed by atoms with van der Waals surface area (Å²) in [6, 6.07) is 4.78. The molecule has 0 heterocycles. The largest absolute Gasteiger partial charge is 0.450 e. The highest BCUT2D eigenvalue weighted by Gasteiger charge is 2.15. The Balaban J connectivity index is 2.41. The fourth-order valence-electron chi connectivity index (χ4n) is 1.41. The predicted octanol–water partition coefficient (Wildman–Crippen LogP) is 4.36. The van der Waals surface area contributed by atoms with Gasteiger partial charge in [0.1, 0.15) is 17.9 Å². The summed E-state index contributed by atoms with van der Waals surface area (Å²) in [5.74, 6) is -3.52. The van der Waals surface area contributed by atoms with Gasteiger partial charge in [-0.25, -0.2) is 13.2 Å². The van der Waals surface area contributed by atoms with E-state index in [9.17, 15) is 18.0 Å². The van der Waals surface area contributed by atoms with Gasteiger partial charge < -0.3 is 4.74 Å². The molecule has 0 aliphatic carbocycles. The van der Waals surface area contributed by atoms with Crippen molar-refractivity contribution in [3.63, 3.8) is 0 Å². The minimum absolute atomic E-state index is 0.0975. The molecule has 0 aliphatic heterocycles. The van der Waals surface area contributed by atoms with Crippen LogP contribution in [0.15, 0.2) is 30.3 Å². The molecule has 2 aromatic rings. The van der Waals surface area contributed by atoms with E-state index in [2.05, 4.69) is 0 Å². The lowest BCUT2D eigenvalue weighted by atomic mass is 10.2. The zero-order valence-electron chi connectivity index (χ0n) is 9.29. The van der Waals surface area contributed by atoms with Crippen LogP contribution >= 0.6 is 11.6 Å². The quantitative estimate of drug-likeness (QED) is 0.784. The normalized spacial score (nSPS) is 10.3. The van der Waals surface area contributed by atoms with Crippen LogP contribution in [0.1, 0.15) is 10.4 Å². The third-order valence-electron chi connectivity index (χ3n) is 2.26. The molecule has 0 saturated heterocycles. The molecular weight excluding hydrogens is 281 g/mol. The SMILES string of the molecule is O=Cc1cc(F)c(Oc2ccc(F)cc2Cl)c(F)c1. The molecule has 0 radical (unpaired) electrons. The molecule has 2 nitrogen and oxygen atoms in total. The molecule has 2 aromatic carbocycles. The zero-order valence-corrected chi connectivity index (χ0v) is 10.0. The van der Waals surface area contributed by atoms with Crippen molar-refractivity contribution in [2.45, 2.75) is 0 Å². The van der Waals surface area contributed by atoms with Crippen LogP contribution in [0.25, 0.3) is 0 Å². The Morgan fingerprint density at radius 2 is 1.68 bits per heavy atom. The molecule has 0 aromatic heterocycles. The number of halogens is 4. The van der Waals surface area contributed by atoms with Crippen LogP contribution in [0.4, 0.5) is 13.2 Å². The van der Waals surface area contributed by atoms with Gasteiger partial charge in [-0.1, -0.05) is 11.6 Å². The molecule has 0 spiro atoms. The van der Waals surface area contributed by atoms with Crippen molar-refractivity contribution < 1.29 is 22.7 Å². The lowest BCUT2D eigenvalue weighted by Gasteiger charge is -2.09. The molecule has 98 valence electrons. The molecular formula is C13H6ClF3O2. The number of carbonyl (C=O) groups excluding carboxylic acids is 1. The number of ether oxygens (including phenoxy) is 1. The summed E-state index contributed by atoms with van der Waals surface area (Å²) < 4.78 is 44.9. The maximum atomic E-state index is 13.6. The van der Waals surface area contributed by atoms with Crippen LogP contribution in [0.5, 0.6) is 11.5 Å². The first kappa shape index (κ1) is 13.4. The molecule has 0 unspecified atom stereocenters. The third-order valence-corrected chi connectivity index (χ3v) is 2.56. The van der Waals surface area contributed by atoms with Gasteiger partial charge in [0, 0.05) is 5.56 Å². The Labute approximate surface area is 111 Å². The molecule has 0 fully saturated rings. The van der Waals surface area contributed by atoms with Crippen molar-refractivity contribution in [1.82, 2.24) is 0 Å². The maximum absolute atomic E-state index is 13.6. The third kappa shape index (κ3) is 2.88. The number of hydrogen-bond donors (Lipinski definition) is 0. The predicted molar refractivity (Wildman–Crippen MR) is 63.2 cm³/mol. The van der Waals surface area contributed by atoms with E-state index in [1.807, 2.05) is 0 Å². The number of benzene rings is 2. The zero-order chi connectivity index (χ0) is 14.0. The molecule has 0 saturated carbocycles. The first-order valence-electron chi connectivity index (χ1n) is 5.08. The maximum Gasteiger partial charge on any atom is 0.198 e. The fraction of sp³-hybridized carbons (Fsp3) is 0. The first-order valence-corrected chi connectivity index (χ1v) is 5.46. The summed E-state index contributed by atoms with van der Waals surface area (Å²) in [5.41, 5.74) is -0.160. The van der Waals surface area contributed by atoms with Crippen LogP contribution in [0.3, 0.4) is 0 Å². The van der Waals surface area contributed by atoms with Gasteiger partial charge in [0.25, 0.3) is 0 Å². The summed E-state index contributed by atoms with van der Waals surface area (Å²) in [6.45, 7) is 0. The number of rotatable bonds is 3. The van der Waals surface area contributed by atoms with Gasteiger partial charge in [-0.3, -0.25) is 4.79 Å². The monoisotopic (exact) mass is 286 g/mol. The standard InChI is InChI=1S/C13H6ClF3O2/c14-9-5-8(15)1-2-12(9)19-13-10(16)3-7(6-18)4-11(13)17/h1-6H. The Hall–Kier alpha value is -2.01. The smallest absolute Gasteiger partial charge is 0.198 e. The molecule has 0 N–H and O–H groups in total. The minimum atomic E-state index is -1.05. The van der Waals surface area contributed by atoms with Crippen molar-refractivity contribution in [2.24, 2.45) is 0 Å². The molecule has 0 aliphatic rings. The highest BCUT2D eigenvalue weighted by molar-refractivity contribution is 6.32. The number of hydrogen-bond acceptors (Lipinski definition) is 2. The van der Waals surface area contributed by atoms with E-state index >= 15 is 0 Å².